The van der Waals surface area contributed by atoms with E-state index in [9.17, 15) is 0 Å². The maximum absolute atomic E-state index is 5.26. The van der Waals surface area contributed by atoms with Crippen LogP contribution >= 0.6 is 11.8 Å². The van der Waals surface area contributed by atoms with Gasteiger partial charge in [0.05, 0.1) is 7.11 Å². The Kier molecular flexibility index (Phi) is 3.75. The third kappa shape index (κ3) is 2.22. The Bertz CT molecular complexity index is 616. The molecule has 0 saturated carbocycles. The summed E-state index contributed by atoms with van der Waals surface area (Å²) in [6.45, 7) is 2.24. The van der Waals surface area contributed by atoms with Crippen LogP contribution in [0, 0.1) is 6.92 Å². The first-order valence-electron chi connectivity index (χ1n) is 7.05. The van der Waals surface area contributed by atoms with Gasteiger partial charge in [0, 0.05) is 10.8 Å². The van der Waals surface area contributed by atoms with Gasteiger partial charge in [-0.25, -0.2) is 0 Å². The summed E-state index contributed by atoms with van der Waals surface area (Å²) in [7, 11) is 1.72. The first-order valence-corrected chi connectivity index (χ1v) is 8.27. The van der Waals surface area contributed by atoms with Crippen molar-refractivity contribution < 1.29 is 4.74 Å². The zero-order valence-corrected chi connectivity index (χ0v) is 13.1. The number of hydrogen-bond acceptors (Lipinski definition) is 2. The molecule has 20 heavy (non-hydrogen) atoms. The van der Waals surface area contributed by atoms with Gasteiger partial charge in [-0.05, 0) is 66.5 Å². The van der Waals surface area contributed by atoms with Crippen molar-refractivity contribution in [3.8, 4) is 5.75 Å². The van der Waals surface area contributed by atoms with Crippen LogP contribution in [0.5, 0.6) is 5.75 Å². The highest BCUT2D eigenvalue weighted by atomic mass is 32.2. The van der Waals surface area contributed by atoms with Crippen molar-refractivity contribution in [2.24, 2.45) is 0 Å². The van der Waals surface area contributed by atoms with E-state index in [2.05, 4.69) is 49.6 Å². The third-order valence-corrected chi connectivity index (χ3v) is 5.12. The molecule has 0 radical (unpaired) electrons. The molecule has 1 unspecified atom stereocenters. The van der Waals surface area contributed by atoms with Crippen molar-refractivity contribution in [1.29, 1.82) is 0 Å². The molecule has 0 heterocycles. The van der Waals surface area contributed by atoms with Gasteiger partial charge in [0.2, 0.25) is 0 Å². The molecule has 2 aromatic carbocycles. The third-order valence-electron chi connectivity index (χ3n) is 4.32. The van der Waals surface area contributed by atoms with Crippen molar-refractivity contribution in [3.05, 3.63) is 58.7 Å². The Morgan fingerprint density at radius 3 is 2.50 bits per heavy atom. The van der Waals surface area contributed by atoms with Crippen LogP contribution in [-0.4, -0.2) is 13.4 Å². The molecule has 1 aliphatic carbocycles. The van der Waals surface area contributed by atoms with E-state index in [1.807, 2.05) is 11.8 Å². The largest absolute Gasteiger partial charge is 0.497 e. The standard InChI is InChI=1S/C18H20OS/c1-12-4-11-17(20-3)18-15(12)9-10-16(18)13-5-7-14(19-2)8-6-13/h4-8,11,16H,9-10H2,1-3H3. The number of methoxy groups -OCH3 is 1. The Labute approximate surface area is 125 Å². The van der Waals surface area contributed by atoms with Crippen LogP contribution < -0.4 is 4.74 Å². The van der Waals surface area contributed by atoms with Crippen molar-refractivity contribution >= 4 is 11.8 Å². The van der Waals surface area contributed by atoms with Crippen LogP contribution in [0.4, 0.5) is 0 Å². The molecule has 1 nitrogen and oxygen atoms in total. The Hall–Kier alpha value is -1.41. The minimum Gasteiger partial charge on any atom is -0.497 e. The fraction of sp³-hybridized carbons (Fsp3) is 0.333. The Morgan fingerprint density at radius 1 is 1.10 bits per heavy atom. The Morgan fingerprint density at radius 2 is 1.85 bits per heavy atom. The lowest BCUT2D eigenvalue weighted by Crippen LogP contribution is -1.99. The number of aryl methyl sites for hydroxylation is 1. The molecule has 0 fully saturated rings. The minimum atomic E-state index is 0.540. The molecule has 0 saturated heterocycles. The topological polar surface area (TPSA) is 9.23 Å². The molecule has 2 aromatic rings. The van der Waals surface area contributed by atoms with E-state index >= 15 is 0 Å². The highest BCUT2D eigenvalue weighted by Crippen LogP contribution is 2.44. The summed E-state index contributed by atoms with van der Waals surface area (Å²) in [5, 5.41) is 0. The van der Waals surface area contributed by atoms with E-state index in [1.165, 1.54) is 28.9 Å². The van der Waals surface area contributed by atoms with Crippen molar-refractivity contribution in [1.82, 2.24) is 0 Å². The highest BCUT2D eigenvalue weighted by Gasteiger charge is 2.27. The highest BCUT2D eigenvalue weighted by molar-refractivity contribution is 7.98. The van der Waals surface area contributed by atoms with Gasteiger partial charge < -0.3 is 4.74 Å². The molecule has 0 aromatic heterocycles. The number of benzene rings is 2. The van der Waals surface area contributed by atoms with E-state index in [-0.39, 0.29) is 0 Å². The zero-order valence-electron chi connectivity index (χ0n) is 12.3. The lowest BCUT2D eigenvalue weighted by Gasteiger charge is -2.17. The molecular weight excluding hydrogens is 264 g/mol. The maximum atomic E-state index is 5.26. The quantitative estimate of drug-likeness (QED) is 0.748. The van der Waals surface area contributed by atoms with E-state index in [0.29, 0.717) is 5.92 Å². The number of hydrogen-bond donors (Lipinski definition) is 0. The number of rotatable bonds is 3. The normalized spacial score (nSPS) is 17.1. The average molecular weight is 284 g/mol. The average Bonchev–Trinajstić information content (AvgIpc) is 2.94. The van der Waals surface area contributed by atoms with E-state index in [0.717, 1.165) is 5.75 Å². The van der Waals surface area contributed by atoms with E-state index in [4.69, 9.17) is 4.74 Å². The molecule has 1 atom stereocenters. The summed E-state index contributed by atoms with van der Waals surface area (Å²) in [6, 6.07) is 13.1. The molecule has 0 amide bonds. The second kappa shape index (κ2) is 5.53. The van der Waals surface area contributed by atoms with Crippen LogP contribution in [0.15, 0.2) is 41.3 Å². The molecule has 1 aliphatic rings. The summed E-state index contributed by atoms with van der Waals surface area (Å²) in [6.07, 6.45) is 4.60. The Balaban J connectivity index is 2.05. The van der Waals surface area contributed by atoms with E-state index < -0.39 is 0 Å². The smallest absolute Gasteiger partial charge is 0.118 e. The summed E-state index contributed by atoms with van der Waals surface area (Å²) < 4.78 is 5.26. The fourth-order valence-electron chi connectivity index (χ4n) is 3.25. The molecule has 0 aliphatic heterocycles. The fourth-order valence-corrected chi connectivity index (χ4v) is 3.94. The van der Waals surface area contributed by atoms with Gasteiger partial charge in [-0.3, -0.25) is 0 Å². The number of ether oxygens (including phenoxy) is 1. The molecule has 0 bridgehead atoms. The molecular formula is C18H20OS. The lowest BCUT2D eigenvalue weighted by atomic mass is 9.92. The second-order valence-corrected chi connectivity index (χ2v) is 6.19. The molecule has 104 valence electrons. The van der Waals surface area contributed by atoms with Crippen LogP contribution in [0.1, 0.15) is 34.6 Å². The van der Waals surface area contributed by atoms with Gasteiger partial charge in [0.1, 0.15) is 5.75 Å². The maximum Gasteiger partial charge on any atom is 0.118 e. The van der Waals surface area contributed by atoms with E-state index in [1.54, 1.807) is 18.2 Å². The van der Waals surface area contributed by atoms with Gasteiger partial charge in [0.25, 0.3) is 0 Å². The first kappa shape index (κ1) is 13.6. The van der Waals surface area contributed by atoms with Crippen molar-refractivity contribution in [2.45, 2.75) is 30.6 Å². The summed E-state index contributed by atoms with van der Waals surface area (Å²) in [5.41, 5.74) is 5.97. The van der Waals surface area contributed by atoms with Crippen LogP contribution in [0.3, 0.4) is 0 Å². The van der Waals surface area contributed by atoms with Gasteiger partial charge in [-0.1, -0.05) is 18.2 Å². The van der Waals surface area contributed by atoms with Crippen LogP contribution in [0.25, 0.3) is 0 Å². The van der Waals surface area contributed by atoms with Gasteiger partial charge >= 0.3 is 0 Å². The van der Waals surface area contributed by atoms with Crippen molar-refractivity contribution in [3.63, 3.8) is 0 Å². The van der Waals surface area contributed by atoms with Crippen molar-refractivity contribution in [2.75, 3.05) is 13.4 Å². The molecule has 2 heteroatoms. The lowest BCUT2D eigenvalue weighted by molar-refractivity contribution is 0.414. The predicted octanol–water partition coefficient (Wildman–Crippen LogP) is 4.80. The summed E-state index contributed by atoms with van der Waals surface area (Å²) >= 11 is 1.86. The molecule has 3 rings (SSSR count). The summed E-state index contributed by atoms with van der Waals surface area (Å²) in [4.78, 5) is 1.43. The monoisotopic (exact) mass is 284 g/mol. The van der Waals surface area contributed by atoms with Gasteiger partial charge in [-0.2, -0.15) is 0 Å². The predicted molar refractivity (Wildman–Crippen MR) is 86.1 cm³/mol. The second-order valence-electron chi connectivity index (χ2n) is 5.34. The van der Waals surface area contributed by atoms with Gasteiger partial charge in [0.15, 0.2) is 0 Å². The number of thioether (sulfide) groups is 1. The molecule has 0 N–H and O–H groups in total. The molecule has 0 spiro atoms. The van der Waals surface area contributed by atoms with Crippen LogP contribution in [0.2, 0.25) is 0 Å². The number of fused-ring (bicyclic) bond motifs is 1. The zero-order chi connectivity index (χ0) is 14.1. The van der Waals surface area contributed by atoms with Crippen LogP contribution in [-0.2, 0) is 6.42 Å². The first-order chi connectivity index (χ1) is 9.74. The minimum absolute atomic E-state index is 0.540. The van der Waals surface area contributed by atoms with Gasteiger partial charge in [-0.15, -0.1) is 11.8 Å². The summed E-state index contributed by atoms with van der Waals surface area (Å²) in [5.74, 6) is 1.47. The SMILES string of the molecule is COc1ccc(C2CCc3c(C)ccc(SC)c32)cc1.